The normalized spacial score (nSPS) is 11.1. The molecule has 6 heteroatoms. The number of furan rings is 1. The fraction of sp³-hybridized carbons (Fsp3) is 0.231. The molecule has 0 unspecified atom stereocenters. The van der Waals surface area contributed by atoms with Crippen LogP contribution in [0.4, 0.5) is 10.2 Å². The van der Waals surface area contributed by atoms with Crippen LogP contribution in [0.3, 0.4) is 0 Å². The summed E-state index contributed by atoms with van der Waals surface area (Å²) < 4.78 is 27.3. The third kappa shape index (κ3) is 2.31. The van der Waals surface area contributed by atoms with E-state index in [0.29, 0.717) is 22.9 Å². The van der Waals surface area contributed by atoms with Gasteiger partial charge in [-0.15, -0.1) is 0 Å². The average molecular weight is 277 g/mol. The van der Waals surface area contributed by atoms with Gasteiger partial charge in [-0.2, -0.15) is 8.75 Å². The molecule has 0 aliphatic heterocycles. The van der Waals surface area contributed by atoms with Gasteiger partial charge >= 0.3 is 0 Å². The maximum absolute atomic E-state index is 13.2. The van der Waals surface area contributed by atoms with Crippen molar-refractivity contribution in [1.82, 2.24) is 8.75 Å². The zero-order valence-corrected chi connectivity index (χ0v) is 11.1. The highest BCUT2D eigenvalue weighted by Gasteiger charge is 2.15. The molecular formula is C13H12FN3OS. The molecule has 0 saturated heterocycles. The summed E-state index contributed by atoms with van der Waals surface area (Å²) in [6, 6.07) is 6.23. The largest absolute Gasteiger partial charge is 0.454 e. The number of halogens is 1. The first kappa shape index (κ1) is 12.1. The molecule has 1 N–H and O–H groups in total. The fourth-order valence-corrected chi connectivity index (χ4v) is 2.37. The Balaban J connectivity index is 2.01. The van der Waals surface area contributed by atoms with E-state index in [2.05, 4.69) is 21.0 Å². The number of nitrogens with one attached hydrogen (secondary N) is 1. The van der Waals surface area contributed by atoms with Crippen LogP contribution in [0.1, 0.15) is 13.3 Å². The second kappa shape index (κ2) is 4.97. The van der Waals surface area contributed by atoms with Gasteiger partial charge in [0, 0.05) is 11.9 Å². The molecule has 0 spiro atoms. The van der Waals surface area contributed by atoms with E-state index in [9.17, 15) is 4.39 Å². The number of fused-ring (bicyclic) bond motifs is 1. The highest BCUT2D eigenvalue weighted by atomic mass is 32.1. The molecule has 98 valence electrons. The molecule has 0 bridgehead atoms. The van der Waals surface area contributed by atoms with E-state index in [1.54, 1.807) is 12.1 Å². The average Bonchev–Trinajstić information content (AvgIpc) is 3.01. The number of aromatic nitrogens is 2. The first-order chi connectivity index (χ1) is 9.28. The van der Waals surface area contributed by atoms with Crippen LogP contribution >= 0.6 is 11.7 Å². The van der Waals surface area contributed by atoms with Gasteiger partial charge in [-0.3, -0.25) is 0 Å². The van der Waals surface area contributed by atoms with Crippen molar-refractivity contribution in [2.45, 2.75) is 13.3 Å². The van der Waals surface area contributed by atoms with E-state index >= 15 is 0 Å². The maximum atomic E-state index is 13.2. The van der Waals surface area contributed by atoms with Crippen molar-refractivity contribution in [3.63, 3.8) is 0 Å². The highest BCUT2D eigenvalue weighted by molar-refractivity contribution is 6.99. The molecule has 2 aromatic heterocycles. The van der Waals surface area contributed by atoms with Crippen LogP contribution in [0.2, 0.25) is 0 Å². The fourth-order valence-electron chi connectivity index (χ4n) is 1.84. The van der Waals surface area contributed by atoms with Crippen LogP contribution in [0.5, 0.6) is 0 Å². The molecular weight excluding hydrogens is 265 g/mol. The third-order valence-electron chi connectivity index (χ3n) is 2.74. The van der Waals surface area contributed by atoms with Crippen LogP contribution in [0.15, 0.2) is 28.7 Å². The van der Waals surface area contributed by atoms with Crippen molar-refractivity contribution in [2.75, 3.05) is 11.9 Å². The molecule has 2 heterocycles. The minimum Gasteiger partial charge on any atom is -0.454 e. The van der Waals surface area contributed by atoms with Crippen molar-refractivity contribution in [3.05, 3.63) is 30.1 Å². The summed E-state index contributed by atoms with van der Waals surface area (Å²) in [5.74, 6) is 1.04. The summed E-state index contributed by atoms with van der Waals surface area (Å²) in [4.78, 5) is 0. The smallest absolute Gasteiger partial charge is 0.171 e. The maximum Gasteiger partial charge on any atom is 0.171 e. The molecule has 0 aliphatic rings. The Kier molecular flexibility index (Phi) is 3.16. The number of hydrogen-bond acceptors (Lipinski definition) is 5. The van der Waals surface area contributed by atoms with Gasteiger partial charge in [0.15, 0.2) is 17.3 Å². The molecule has 3 aromatic rings. The topological polar surface area (TPSA) is 51.0 Å². The summed E-state index contributed by atoms with van der Waals surface area (Å²) >= 11 is 1.13. The Morgan fingerprint density at radius 2 is 2.21 bits per heavy atom. The molecule has 1 aromatic carbocycles. The molecule has 0 saturated carbocycles. The van der Waals surface area contributed by atoms with Crippen molar-refractivity contribution >= 4 is 28.5 Å². The number of anilines is 1. The van der Waals surface area contributed by atoms with Crippen LogP contribution < -0.4 is 5.32 Å². The van der Waals surface area contributed by atoms with Gasteiger partial charge in [0.05, 0.1) is 11.7 Å². The standard InChI is InChI=1S/C13H12FN3OS/c1-2-5-15-13-12(16-19-17-13)11-7-8-6-9(14)3-4-10(8)18-11/h3-4,6-7H,2,5H2,1H3,(H,15,17). The number of rotatable bonds is 4. The van der Waals surface area contributed by atoms with Gasteiger partial charge < -0.3 is 9.73 Å². The van der Waals surface area contributed by atoms with E-state index in [0.717, 1.165) is 30.1 Å². The van der Waals surface area contributed by atoms with Gasteiger partial charge in [0.25, 0.3) is 0 Å². The lowest BCUT2D eigenvalue weighted by molar-refractivity contribution is 0.618. The summed E-state index contributed by atoms with van der Waals surface area (Å²) in [6.07, 6.45) is 1.00. The minimum absolute atomic E-state index is 0.277. The van der Waals surface area contributed by atoms with E-state index in [1.807, 2.05) is 0 Å². The molecule has 0 fully saturated rings. The minimum atomic E-state index is -0.277. The lowest BCUT2D eigenvalue weighted by atomic mass is 10.2. The van der Waals surface area contributed by atoms with Gasteiger partial charge in [0.1, 0.15) is 11.4 Å². The predicted molar refractivity (Wildman–Crippen MR) is 73.9 cm³/mol. The first-order valence-corrected chi connectivity index (χ1v) is 6.77. The van der Waals surface area contributed by atoms with E-state index < -0.39 is 0 Å². The predicted octanol–water partition coefficient (Wildman–Crippen LogP) is 3.91. The molecule has 3 rings (SSSR count). The SMILES string of the molecule is CCCNc1nsnc1-c1cc2cc(F)ccc2o1. The van der Waals surface area contributed by atoms with E-state index in [-0.39, 0.29) is 5.82 Å². The zero-order chi connectivity index (χ0) is 13.2. The molecule has 0 aliphatic carbocycles. The molecule has 0 amide bonds. The Labute approximate surface area is 113 Å². The Hall–Kier alpha value is -1.95. The zero-order valence-electron chi connectivity index (χ0n) is 10.3. The van der Waals surface area contributed by atoms with Crippen LogP contribution in [-0.2, 0) is 0 Å². The summed E-state index contributed by atoms with van der Waals surface area (Å²) in [5.41, 5.74) is 1.32. The number of nitrogens with zero attached hydrogens (tertiary/aromatic N) is 2. The lowest BCUT2D eigenvalue weighted by Crippen LogP contribution is -2.00. The lowest BCUT2D eigenvalue weighted by Gasteiger charge is -2.00. The molecule has 0 radical (unpaired) electrons. The second-order valence-corrected chi connectivity index (χ2v) is 4.71. The highest BCUT2D eigenvalue weighted by Crippen LogP contribution is 2.31. The summed E-state index contributed by atoms with van der Waals surface area (Å²) in [7, 11) is 0. The van der Waals surface area contributed by atoms with Crippen LogP contribution in [0.25, 0.3) is 22.4 Å². The third-order valence-corrected chi connectivity index (χ3v) is 3.27. The van der Waals surface area contributed by atoms with Gasteiger partial charge in [0.2, 0.25) is 0 Å². The van der Waals surface area contributed by atoms with E-state index in [1.165, 1.54) is 12.1 Å². The van der Waals surface area contributed by atoms with Gasteiger partial charge in [-0.1, -0.05) is 6.92 Å². The Bertz CT molecular complexity index is 707. The Morgan fingerprint density at radius 3 is 3.05 bits per heavy atom. The molecule has 0 atom stereocenters. The molecule has 4 nitrogen and oxygen atoms in total. The van der Waals surface area contributed by atoms with Crippen molar-refractivity contribution in [1.29, 1.82) is 0 Å². The van der Waals surface area contributed by atoms with Gasteiger partial charge in [-0.25, -0.2) is 4.39 Å². The van der Waals surface area contributed by atoms with Crippen LogP contribution in [0, 0.1) is 5.82 Å². The number of benzene rings is 1. The van der Waals surface area contributed by atoms with Crippen LogP contribution in [-0.4, -0.2) is 15.3 Å². The Morgan fingerprint density at radius 1 is 1.32 bits per heavy atom. The van der Waals surface area contributed by atoms with Crippen molar-refractivity contribution < 1.29 is 8.81 Å². The van der Waals surface area contributed by atoms with Crippen molar-refractivity contribution in [2.24, 2.45) is 0 Å². The quantitative estimate of drug-likeness (QED) is 0.785. The first-order valence-electron chi connectivity index (χ1n) is 6.04. The van der Waals surface area contributed by atoms with Gasteiger partial charge in [-0.05, 0) is 30.7 Å². The van der Waals surface area contributed by atoms with E-state index in [4.69, 9.17) is 4.42 Å². The monoisotopic (exact) mass is 277 g/mol. The molecule has 19 heavy (non-hydrogen) atoms. The number of hydrogen-bond donors (Lipinski definition) is 1. The summed E-state index contributed by atoms with van der Waals surface area (Å²) in [5, 5.41) is 3.93. The summed E-state index contributed by atoms with van der Waals surface area (Å²) in [6.45, 7) is 2.91. The van der Waals surface area contributed by atoms with Crippen molar-refractivity contribution in [3.8, 4) is 11.5 Å². The second-order valence-electron chi connectivity index (χ2n) is 4.18.